The summed E-state index contributed by atoms with van der Waals surface area (Å²) in [7, 11) is 0. The molecule has 5 aromatic rings. The second kappa shape index (κ2) is 8.64. The van der Waals surface area contributed by atoms with Crippen molar-refractivity contribution < 1.29 is 9.59 Å². The fraction of sp³-hybridized carbons (Fsp3) is 0.0800. The zero-order valence-corrected chi connectivity index (χ0v) is 17.9. The smallest absolute Gasteiger partial charge is 0.313 e. The number of nitrogens with one attached hydrogen (secondary N) is 3. The highest BCUT2D eigenvalue weighted by molar-refractivity contribution is 7.21. The van der Waals surface area contributed by atoms with E-state index >= 15 is 0 Å². The third-order valence-corrected chi connectivity index (χ3v) is 6.33. The predicted molar refractivity (Wildman–Crippen MR) is 129 cm³/mol. The molecular weight excluding hydrogens is 420 g/mol. The van der Waals surface area contributed by atoms with Crippen LogP contribution in [0.25, 0.3) is 31.7 Å². The number of para-hydroxylation sites is 2. The molecule has 0 fully saturated rings. The summed E-state index contributed by atoms with van der Waals surface area (Å²) in [6, 6.07) is 23.3. The topological polar surface area (TPSA) is 86.9 Å². The first-order valence-electron chi connectivity index (χ1n) is 10.3. The van der Waals surface area contributed by atoms with Gasteiger partial charge in [0.25, 0.3) is 0 Å². The van der Waals surface area contributed by atoms with Gasteiger partial charge in [-0.1, -0.05) is 30.3 Å². The molecule has 3 aromatic carbocycles. The molecule has 6 nitrogen and oxygen atoms in total. The summed E-state index contributed by atoms with van der Waals surface area (Å²) in [5.74, 6) is -1.34. The van der Waals surface area contributed by atoms with E-state index in [0.29, 0.717) is 18.7 Å². The van der Waals surface area contributed by atoms with Crippen molar-refractivity contribution in [2.24, 2.45) is 0 Å². The lowest BCUT2D eigenvalue weighted by atomic mass is 10.1. The highest BCUT2D eigenvalue weighted by Gasteiger charge is 2.14. The van der Waals surface area contributed by atoms with Crippen molar-refractivity contribution in [1.82, 2.24) is 15.3 Å². The summed E-state index contributed by atoms with van der Waals surface area (Å²) in [5.41, 5.74) is 4.65. The standard InChI is InChI=1S/C25H20N4O2S/c30-23(26-14-13-17-15-27-20-6-2-1-5-19(17)20)24(31)28-18-11-9-16(10-12-18)25-29-21-7-3-4-8-22(21)32-25/h1-12,15,27H,13-14H2,(H,26,30)(H,28,31). The summed E-state index contributed by atoms with van der Waals surface area (Å²) in [6.07, 6.45) is 2.57. The van der Waals surface area contributed by atoms with Crippen molar-refractivity contribution in [3.63, 3.8) is 0 Å². The molecule has 158 valence electrons. The van der Waals surface area contributed by atoms with E-state index in [-0.39, 0.29) is 0 Å². The van der Waals surface area contributed by atoms with Crippen LogP contribution in [0.3, 0.4) is 0 Å². The van der Waals surface area contributed by atoms with Crippen LogP contribution in [0.5, 0.6) is 0 Å². The van der Waals surface area contributed by atoms with E-state index < -0.39 is 11.8 Å². The maximum atomic E-state index is 12.2. The zero-order valence-electron chi connectivity index (χ0n) is 17.1. The fourth-order valence-corrected chi connectivity index (χ4v) is 4.58. The van der Waals surface area contributed by atoms with Gasteiger partial charge in [0.05, 0.1) is 10.2 Å². The Kier molecular flexibility index (Phi) is 5.39. The summed E-state index contributed by atoms with van der Waals surface area (Å²) >= 11 is 1.62. The predicted octanol–water partition coefficient (Wildman–Crippen LogP) is 4.74. The van der Waals surface area contributed by atoms with Crippen molar-refractivity contribution in [1.29, 1.82) is 0 Å². The molecule has 0 saturated heterocycles. The third kappa shape index (κ3) is 4.10. The number of benzene rings is 3. The molecule has 0 radical (unpaired) electrons. The Balaban J connectivity index is 1.16. The minimum absolute atomic E-state index is 0.380. The van der Waals surface area contributed by atoms with E-state index in [1.54, 1.807) is 23.5 Å². The number of aromatic nitrogens is 2. The van der Waals surface area contributed by atoms with Crippen LogP contribution in [-0.4, -0.2) is 28.3 Å². The molecule has 5 rings (SSSR count). The molecule has 0 aliphatic heterocycles. The van der Waals surface area contributed by atoms with E-state index in [1.807, 2.05) is 66.9 Å². The van der Waals surface area contributed by atoms with Crippen molar-refractivity contribution in [3.05, 3.63) is 84.6 Å². The number of carbonyl (C=O) groups is 2. The SMILES string of the molecule is O=C(NCCc1c[nH]c2ccccc12)C(=O)Nc1ccc(-c2nc3ccccc3s2)cc1. The van der Waals surface area contributed by atoms with E-state index in [2.05, 4.69) is 20.6 Å². The monoisotopic (exact) mass is 440 g/mol. The van der Waals surface area contributed by atoms with Crippen LogP contribution >= 0.6 is 11.3 Å². The summed E-state index contributed by atoms with van der Waals surface area (Å²) in [5, 5.41) is 7.37. The normalized spacial score (nSPS) is 11.0. The molecule has 0 spiro atoms. The second-order valence-corrected chi connectivity index (χ2v) is 8.41. The Bertz CT molecular complexity index is 1390. The maximum Gasteiger partial charge on any atom is 0.313 e. The van der Waals surface area contributed by atoms with E-state index in [0.717, 1.165) is 37.3 Å². The summed E-state index contributed by atoms with van der Waals surface area (Å²) in [6.45, 7) is 0.380. The summed E-state index contributed by atoms with van der Waals surface area (Å²) < 4.78 is 1.13. The highest BCUT2D eigenvalue weighted by atomic mass is 32.1. The minimum atomic E-state index is -0.684. The van der Waals surface area contributed by atoms with Crippen LogP contribution in [0.1, 0.15) is 5.56 Å². The molecule has 2 amide bonds. The van der Waals surface area contributed by atoms with Gasteiger partial charge in [0.2, 0.25) is 0 Å². The third-order valence-electron chi connectivity index (χ3n) is 5.24. The number of amides is 2. The average Bonchev–Trinajstić information content (AvgIpc) is 3.44. The number of hydrogen-bond donors (Lipinski definition) is 3. The Hall–Kier alpha value is -3.97. The zero-order chi connectivity index (χ0) is 21.9. The van der Waals surface area contributed by atoms with Crippen LogP contribution in [0.4, 0.5) is 5.69 Å². The lowest BCUT2D eigenvalue weighted by Gasteiger charge is -2.07. The Morgan fingerprint density at radius 3 is 2.53 bits per heavy atom. The van der Waals surface area contributed by atoms with Crippen molar-refractivity contribution in [2.45, 2.75) is 6.42 Å². The quantitative estimate of drug-likeness (QED) is 0.345. The van der Waals surface area contributed by atoms with Gasteiger partial charge in [-0.2, -0.15) is 0 Å². The van der Waals surface area contributed by atoms with Crippen molar-refractivity contribution >= 4 is 50.0 Å². The molecule has 7 heteroatoms. The van der Waals surface area contributed by atoms with E-state index in [4.69, 9.17) is 0 Å². The number of fused-ring (bicyclic) bond motifs is 2. The number of H-pyrrole nitrogens is 1. The van der Waals surface area contributed by atoms with Gasteiger partial charge in [0.1, 0.15) is 5.01 Å². The van der Waals surface area contributed by atoms with Gasteiger partial charge in [0.15, 0.2) is 0 Å². The number of rotatable bonds is 5. The minimum Gasteiger partial charge on any atom is -0.361 e. The molecule has 0 bridgehead atoms. The Morgan fingerprint density at radius 1 is 0.906 bits per heavy atom. The highest BCUT2D eigenvalue weighted by Crippen LogP contribution is 2.30. The van der Waals surface area contributed by atoms with Crippen LogP contribution in [0.15, 0.2) is 79.0 Å². The molecule has 2 heterocycles. The van der Waals surface area contributed by atoms with Gasteiger partial charge >= 0.3 is 11.8 Å². The van der Waals surface area contributed by atoms with Crippen molar-refractivity contribution in [3.8, 4) is 10.6 Å². The van der Waals surface area contributed by atoms with E-state index in [9.17, 15) is 9.59 Å². The molecule has 0 aliphatic rings. The van der Waals surface area contributed by atoms with Crippen LogP contribution in [-0.2, 0) is 16.0 Å². The van der Waals surface area contributed by atoms with Crippen molar-refractivity contribution in [2.75, 3.05) is 11.9 Å². The molecular formula is C25H20N4O2S. The van der Waals surface area contributed by atoms with Gasteiger partial charge in [-0.25, -0.2) is 4.98 Å². The fourth-order valence-electron chi connectivity index (χ4n) is 3.61. The molecule has 3 N–H and O–H groups in total. The molecule has 32 heavy (non-hydrogen) atoms. The molecule has 0 atom stereocenters. The number of aromatic amines is 1. The largest absolute Gasteiger partial charge is 0.361 e. The lowest BCUT2D eigenvalue weighted by molar-refractivity contribution is -0.136. The number of anilines is 1. The average molecular weight is 441 g/mol. The van der Waals surface area contributed by atoms with Crippen LogP contribution in [0.2, 0.25) is 0 Å². The van der Waals surface area contributed by atoms with Gasteiger partial charge in [-0.05, 0) is 54.4 Å². The number of nitrogens with zero attached hydrogens (tertiary/aromatic N) is 1. The van der Waals surface area contributed by atoms with Crippen LogP contribution in [0, 0.1) is 0 Å². The number of hydrogen-bond acceptors (Lipinski definition) is 4. The first-order valence-corrected chi connectivity index (χ1v) is 11.1. The van der Waals surface area contributed by atoms with Gasteiger partial charge in [-0.3, -0.25) is 9.59 Å². The van der Waals surface area contributed by atoms with E-state index in [1.165, 1.54) is 0 Å². The molecule has 0 saturated carbocycles. The Labute approximate surface area is 188 Å². The van der Waals surface area contributed by atoms with Gasteiger partial charge in [-0.15, -0.1) is 11.3 Å². The first kappa shape index (κ1) is 20.0. The Morgan fingerprint density at radius 2 is 1.69 bits per heavy atom. The second-order valence-electron chi connectivity index (χ2n) is 7.38. The maximum absolute atomic E-state index is 12.2. The van der Waals surface area contributed by atoms with Gasteiger partial charge < -0.3 is 15.6 Å². The molecule has 0 unspecified atom stereocenters. The number of thiazole rings is 1. The molecule has 2 aromatic heterocycles. The van der Waals surface area contributed by atoms with Gasteiger partial charge in [0, 0.05) is 34.9 Å². The first-order chi connectivity index (χ1) is 15.7. The number of carbonyl (C=O) groups excluding carboxylic acids is 2. The lowest BCUT2D eigenvalue weighted by Crippen LogP contribution is -2.36. The molecule has 0 aliphatic carbocycles. The summed E-state index contributed by atoms with van der Waals surface area (Å²) in [4.78, 5) is 32.3. The van der Waals surface area contributed by atoms with Crippen LogP contribution < -0.4 is 10.6 Å².